The number of anilines is 2. The van der Waals surface area contributed by atoms with Crippen LogP contribution in [0.15, 0.2) is 23.1 Å². The van der Waals surface area contributed by atoms with E-state index in [4.69, 9.17) is 0 Å². The summed E-state index contributed by atoms with van der Waals surface area (Å²) < 4.78 is 25.7. The molecule has 0 aromatic heterocycles. The number of nitrogens with one attached hydrogen (secondary N) is 2. The maximum atomic E-state index is 11.9. The number of nitrogens with zero attached hydrogens (tertiary/aromatic N) is 1. The maximum absolute atomic E-state index is 11.9. The van der Waals surface area contributed by atoms with E-state index in [1.807, 2.05) is 10.8 Å². The maximum Gasteiger partial charge on any atom is 0.333 e. The van der Waals surface area contributed by atoms with Gasteiger partial charge >= 0.3 is 6.03 Å². The molecule has 2 heterocycles. The van der Waals surface area contributed by atoms with Crippen LogP contribution in [-0.2, 0) is 10.0 Å². The third kappa shape index (κ3) is 1.80. The average molecular weight is 267 g/mol. The monoisotopic (exact) mass is 267 g/mol. The predicted molar refractivity (Wildman–Crippen MR) is 67.2 cm³/mol. The molecule has 7 heteroatoms. The summed E-state index contributed by atoms with van der Waals surface area (Å²) in [7, 11) is -3.73. The summed E-state index contributed by atoms with van der Waals surface area (Å²) in [5.74, 6) is 0. The van der Waals surface area contributed by atoms with Crippen molar-refractivity contribution in [2.45, 2.75) is 17.7 Å². The van der Waals surface area contributed by atoms with Crippen molar-refractivity contribution in [3.8, 4) is 0 Å². The lowest BCUT2D eigenvalue weighted by Gasteiger charge is -2.22. The highest BCUT2D eigenvalue weighted by Gasteiger charge is 2.28. The van der Waals surface area contributed by atoms with Crippen LogP contribution in [0.2, 0.25) is 0 Å². The lowest BCUT2D eigenvalue weighted by Crippen LogP contribution is -2.39. The third-order valence-corrected chi connectivity index (χ3v) is 4.57. The zero-order valence-electron chi connectivity index (χ0n) is 9.64. The van der Waals surface area contributed by atoms with E-state index in [1.54, 1.807) is 12.1 Å². The number of carbonyl (C=O) groups excluding carboxylic acids is 1. The van der Waals surface area contributed by atoms with Gasteiger partial charge in [0.25, 0.3) is 10.0 Å². The molecular formula is C11H13N3O3S. The molecule has 0 bridgehead atoms. The molecule has 2 amide bonds. The van der Waals surface area contributed by atoms with Crippen LogP contribution in [0.3, 0.4) is 0 Å². The van der Waals surface area contributed by atoms with E-state index in [1.165, 1.54) is 0 Å². The zero-order chi connectivity index (χ0) is 12.8. The van der Waals surface area contributed by atoms with Gasteiger partial charge in [0.05, 0.1) is 5.69 Å². The molecule has 18 heavy (non-hydrogen) atoms. The summed E-state index contributed by atoms with van der Waals surface area (Å²) in [6.07, 6.45) is 2.25. The second-order valence-electron chi connectivity index (χ2n) is 4.43. The molecule has 6 nitrogen and oxygen atoms in total. The lowest BCUT2D eigenvalue weighted by molar-refractivity contribution is 0.256. The van der Waals surface area contributed by atoms with Gasteiger partial charge in [-0.3, -0.25) is 0 Å². The molecule has 0 radical (unpaired) electrons. The van der Waals surface area contributed by atoms with E-state index in [2.05, 4.69) is 10.2 Å². The molecule has 0 aliphatic carbocycles. The van der Waals surface area contributed by atoms with Gasteiger partial charge in [0, 0.05) is 18.8 Å². The van der Waals surface area contributed by atoms with Crippen molar-refractivity contribution in [3.63, 3.8) is 0 Å². The van der Waals surface area contributed by atoms with E-state index >= 15 is 0 Å². The second-order valence-corrected chi connectivity index (χ2v) is 6.09. The highest BCUT2D eigenvalue weighted by molar-refractivity contribution is 7.90. The van der Waals surface area contributed by atoms with Gasteiger partial charge in [0.1, 0.15) is 4.90 Å². The fourth-order valence-electron chi connectivity index (χ4n) is 2.33. The summed E-state index contributed by atoms with van der Waals surface area (Å²) in [6.45, 7) is 1.89. The topological polar surface area (TPSA) is 78.5 Å². The number of hydrogen-bond donors (Lipinski definition) is 2. The lowest BCUT2D eigenvalue weighted by atomic mass is 10.2. The Labute approximate surface area is 105 Å². The molecule has 0 atom stereocenters. The van der Waals surface area contributed by atoms with Gasteiger partial charge in [-0.25, -0.2) is 17.9 Å². The van der Waals surface area contributed by atoms with Gasteiger partial charge in [-0.05, 0) is 31.0 Å². The first kappa shape index (κ1) is 11.3. The summed E-state index contributed by atoms with van der Waals surface area (Å²) in [4.78, 5) is 13.4. The zero-order valence-corrected chi connectivity index (χ0v) is 10.5. The van der Waals surface area contributed by atoms with E-state index in [0.717, 1.165) is 31.6 Å². The molecule has 2 aliphatic heterocycles. The highest BCUT2D eigenvalue weighted by Crippen LogP contribution is 2.30. The molecule has 0 unspecified atom stereocenters. The van der Waals surface area contributed by atoms with Crippen molar-refractivity contribution in [1.29, 1.82) is 0 Å². The molecule has 0 spiro atoms. The quantitative estimate of drug-likeness (QED) is 0.799. The van der Waals surface area contributed by atoms with Crippen molar-refractivity contribution in [3.05, 3.63) is 18.2 Å². The smallest absolute Gasteiger partial charge is 0.333 e. The Morgan fingerprint density at radius 2 is 1.89 bits per heavy atom. The van der Waals surface area contributed by atoms with Crippen molar-refractivity contribution in [2.75, 3.05) is 23.3 Å². The number of rotatable bonds is 1. The Hall–Kier alpha value is -1.76. The van der Waals surface area contributed by atoms with Crippen LogP contribution < -0.4 is 14.9 Å². The Kier molecular flexibility index (Phi) is 2.44. The predicted octanol–water partition coefficient (Wildman–Crippen LogP) is 1.11. The summed E-state index contributed by atoms with van der Waals surface area (Å²) in [5, 5.41) is 2.49. The van der Waals surface area contributed by atoms with E-state index in [-0.39, 0.29) is 4.90 Å². The Morgan fingerprint density at radius 3 is 2.61 bits per heavy atom. The largest absolute Gasteiger partial charge is 0.371 e. The summed E-state index contributed by atoms with van der Waals surface area (Å²) in [6, 6.07) is 4.38. The molecule has 96 valence electrons. The average Bonchev–Trinajstić information content (AvgIpc) is 2.81. The van der Waals surface area contributed by atoms with Gasteiger partial charge in [-0.2, -0.15) is 0 Å². The summed E-state index contributed by atoms with van der Waals surface area (Å²) in [5.41, 5.74) is 1.22. The van der Waals surface area contributed by atoms with Crippen molar-refractivity contribution < 1.29 is 13.2 Å². The number of fused-ring (bicyclic) bond motifs is 1. The molecule has 3 rings (SSSR count). The fourth-order valence-corrected chi connectivity index (χ4v) is 3.42. The van der Waals surface area contributed by atoms with Crippen LogP contribution in [-0.4, -0.2) is 27.5 Å². The van der Waals surface area contributed by atoms with Gasteiger partial charge in [-0.15, -0.1) is 0 Å². The molecule has 0 saturated carbocycles. The number of carbonyl (C=O) groups is 1. The minimum atomic E-state index is -3.73. The molecule has 2 aliphatic rings. The Morgan fingerprint density at radius 1 is 1.17 bits per heavy atom. The number of amides is 2. The van der Waals surface area contributed by atoms with Crippen LogP contribution in [0.4, 0.5) is 16.2 Å². The molecule has 1 fully saturated rings. The fraction of sp³-hybridized carbons (Fsp3) is 0.364. The molecule has 1 aromatic carbocycles. The summed E-state index contributed by atoms with van der Waals surface area (Å²) >= 11 is 0. The molecule has 2 N–H and O–H groups in total. The molecule has 1 saturated heterocycles. The first-order valence-corrected chi connectivity index (χ1v) is 7.27. The number of urea groups is 1. The van der Waals surface area contributed by atoms with Crippen molar-refractivity contribution >= 4 is 27.4 Å². The minimum absolute atomic E-state index is 0.131. The third-order valence-electron chi connectivity index (χ3n) is 3.20. The number of hydrogen-bond acceptors (Lipinski definition) is 4. The van der Waals surface area contributed by atoms with E-state index < -0.39 is 16.1 Å². The van der Waals surface area contributed by atoms with Crippen LogP contribution in [0, 0.1) is 0 Å². The normalized spacial score (nSPS) is 21.1. The van der Waals surface area contributed by atoms with Gasteiger partial charge in [0.2, 0.25) is 0 Å². The standard InChI is InChI=1S/C11H13N3O3S/c15-11-12-9-4-3-8(14-5-1-2-6-14)7-10(9)18(16,17)13-11/h3-4,7H,1-2,5-6H2,(H2,12,13,15). The second kappa shape index (κ2) is 3.88. The van der Waals surface area contributed by atoms with Crippen LogP contribution in [0.5, 0.6) is 0 Å². The van der Waals surface area contributed by atoms with Crippen molar-refractivity contribution in [1.82, 2.24) is 4.72 Å². The molecule has 1 aromatic rings. The minimum Gasteiger partial charge on any atom is -0.371 e. The van der Waals surface area contributed by atoms with E-state index in [0.29, 0.717) is 5.69 Å². The number of sulfonamides is 1. The van der Waals surface area contributed by atoms with Crippen LogP contribution >= 0.6 is 0 Å². The Balaban J connectivity index is 2.06. The van der Waals surface area contributed by atoms with Crippen LogP contribution in [0.25, 0.3) is 0 Å². The number of benzene rings is 1. The first-order chi connectivity index (χ1) is 8.56. The molecular weight excluding hydrogens is 254 g/mol. The first-order valence-electron chi connectivity index (χ1n) is 5.79. The van der Waals surface area contributed by atoms with E-state index in [9.17, 15) is 13.2 Å². The SMILES string of the molecule is O=C1Nc2ccc(N3CCCC3)cc2S(=O)(=O)N1. The van der Waals surface area contributed by atoms with Gasteiger partial charge < -0.3 is 10.2 Å². The van der Waals surface area contributed by atoms with Gasteiger partial charge in [0.15, 0.2) is 0 Å². The highest BCUT2D eigenvalue weighted by atomic mass is 32.2. The van der Waals surface area contributed by atoms with Gasteiger partial charge in [-0.1, -0.05) is 0 Å². The van der Waals surface area contributed by atoms with Crippen molar-refractivity contribution in [2.24, 2.45) is 0 Å². The van der Waals surface area contributed by atoms with Crippen LogP contribution in [0.1, 0.15) is 12.8 Å². The Bertz CT molecular complexity index is 606.